The van der Waals surface area contributed by atoms with Gasteiger partial charge >= 0.3 is 0 Å². The van der Waals surface area contributed by atoms with Crippen LogP contribution in [0.4, 0.5) is 5.69 Å². The van der Waals surface area contributed by atoms with Crippen molar-refractivity contribution >= 4 is 21.6 Å². The molecule has 18 heavy (non-hydrogen) atoms. The Hall–Kier alpha value is -0.980. The SMILES string of the molecule is O=[N+]([O-])c1cccc(CO[C@H]2CCCNC2)c1Br. The molecule has 1 aromatic carbocycles. The molecule has 2 rings (SSSR count). The smallest absolute Gasteiger partial charge is 0.283 e. The molecule has 98 valence electrons. The molecule has 0 aromatic heterocycles. The lowest BCUT2D eigenvalue weighted by Crippen LogP contribution is -2.35. The van der Waals surface area contributed by atoms with Crippen molar-refractivity contribution in [2.45, 2.75) is 25.6 Å². The van der Waals surface area contributed by atoms with Crippen LogP contribution in [-0.4, -0.2) is 24.1 Å². The number of nitrogens with one attached hydrogen (secondary N) is 1. The molecule has 1 saturated heterocycles. The Morgan fingerprint density at radius 1 is 1.56 bits per heavy atom. The van der Waals surface area contributed by atoms with E-state index in [4.69, 9.17) is 4.74 Å². The number of hydrogen-bond acceptors (Lipinski definition) is 4. The first-order chi connectivity index (χ1) is 8.68. The molecule has 0 amide bonds. The zero-order valence-electron chi connectivity index (χ0n) is 9.89. The third kappa shape index (κ3) is 3.28. The monoisotopic (exact) mass is 314 g/mol. The summed E-state index contributed by atoms with van der Waals surface area (Å²) in [6.07, 6.45) is 2.35. The molecule has 0 unspecified atom stereocenters. The van der Waals surface area contributed by atoms with Crippen LogP contribution in [0, 0.1) is 10.1 Å². The van der Waals surface area contributed by atoms with E-state index in [9.17, 15) is 10.1 Å². The van der Waals surface area contributed by atoms with Gasteiger partial charge in [0.25, 0.3) is 5.69 Å². The third-order valence-corrected chi connectivity index (χ3v) is 3.90. The minimum Gasteiger partial charge on any atom is -0.372 e. The van der Waals surface area contributed by atoms with Crippen LogP contribution in [0.5, 0.6) is 0 Å². The predicted octanol–water partition coefficient (Wildman–Crippen LogP) is 2.63. The first kappa shape index (κ1) is 13.5. The molecule has 1 aliphatic rings. The second-order valence-electron chi connectivity index (χ2n) is 4.29. The second-order valence-corrected chi connectivity index (χ2v) is 5.08. The lowest BCUT2D eigenvalue weighted by Gasteiger charge is -2.23. The Balaban J connectivity index is 2.00. The van der Waals surface area contributed by atoms with Gasteiger partial charge in [-0.3, -0.25) is 10.1 Å². The van der Waals surface area contributed by atoms with Crippen LogP contribution in [0.15, 0.2) is 22.7 Å². The summed E-state index contributed by atoms with van der Waals surface area (Å²) in [4.78, 5) is 10.4. The number of nitrogens with zero attached hydrogens (tertiary/aromatic N) is 1. The Morgan fingerprint density at radius 3 is 3.06 bits per heavy atom. The summed E-state index contributed by atoms with van der Waals surface area (Å²) in [6.45, 7) is 2.29. The number of hydrogen-bond donors (Lipinski definition) is 1. The van der Waals surface area contributed by atoms with Gasteiger partial charge in [-0.15, -0.1) is 0 Å². The molecule has 0 saturated carbocycles. The van der Waals surface area contributed by atoms with Gasteiger partial charge in [0.1, 0.15) is 4.47 Å². The van der Waals surface area contributed by atoms with Crippen molar-refractivity contribution in [1.29, 1.82) is 0 Å². The van der Waals surface area contributed by atoms with Crippen LogP contribution >= 0.6 is 15.9 Å². The van der Waals surface area contributed by atoms with E-state index in [1.165, 1.54) is 6.07 Å². The van der Waals surface area contributed by atoms with E-state index in [-0.39, 0.29) is 11.8 Å². The molecule has 1 fully saturated rings. The number of nitro benzene ring substituents is 1. The number of benzene rings is 1. The quantitative estimate of drug-likeness (QED) is 0.685. The number of nitro groups is 1. The van der Waals surface area contributed by atoms with Gasteiger partial charge < -0.3 is 10.1 Å². The minimum absolute atomic E-state index is 0.0814. The van der Waals surface area contributed by atoms with Crippen LogP contribution in [0.25, 0.3) is 0 Å². The van der Waals surface area contributed by atoms with Crippen molar-refractivity contribution in [3.05, 3.63) is 38.3 Å². The Morgan fingerprint density at radius 2 is 2.39 bits per heavy atom. The van der Waals surface area contributed by atoms with Crippen molar-refractivity contribution in [1.82, 2.24) is 5.32 Å². The Labute approximate surface area is 114 Å². The summed E-state index contributed by atoms with van der Waals surface area (Å²) in [5.41, 5.74) is 0.896. The molecule has 1 aliphatic heterocycles. The van der Waals surface area contributed by atoms with E-state index in [1.807, 2.05) is 6.07 Å². The normalized spacial score (nSPS) is 19.7. The minimum atomic E-state index is -0.393. The number of ether oxygens (including phenoxy) is 1. The Kier molecular flexibility index (Phi) is 4.68. The van der Waals surface area contributed by atoms with Crippen LogP contribution in [0.2, 0.25) is 0 Å². The number of halogens is 1. The van der Waals surface area contributed by atoms with Crippen LogP contribution in [0.3, 0.4) is 0 Å². The zero-order valence-corrected chi connectivity index (χ0v) is 11.5. The van der Waals surface area contributed by atoms with Gasteiger partial charge in [-0.1, -0.05) is 12.1 Å². The molecule has 0 aliphatic carbocycles. The summed E-state index contributed by atoms with van der Waals surface area (Å²) in [5, 5.41) is 14.1. The van der Waals surface area contributed by atoms with E-state index >= 15 is 0 Å². The third-order valence-electron chi connectivity index (χ3n) is 2.98. The number of rotatable bonds is 4. The van der Waals surface area contributed by atoms with Gasteiger partial charge in [-0.05, 0) is 40.9 Å². The van der Waals surface area contributed by atoms with Gasteiger partial charge in [0, 0.05) is 12.6 Å². The van der Waals surface area contributed by atoms with Gasteiger partial charge in [0.05, 0.1) is 17.6 Å². The first-order valence-electron chi connectivity index (χ1n) is 5.92. The van der Waals surface area contributed by atoms with E-state index < -0.39 is 4.92 Å². The fourth-order valence-corrected chi connectivity index (χ4v) is 2.51. The second kappa shape index (κ2) is 6.26. The summed E-state index contributed by atoms with van der Waals surface area (Å²) < 4.78 is 6.28. The number of piperidine rings is 1. The molecular weight excluding hydrogens is 300 g/mol. The van der Waals surface area contributed by atoms with Crippen LogP contribution < -0.4 is 5.32 Å². The Bertz CT molecular complexity index is 433. The van der Waals surface area contributed by atoms with Crippen molar-refractivity contribution in [3.63, 3.8) is 0 Å². The average molecular weight is 315 g/mol. The van der Waals surface area contributed by atoms with Crippen molar-refractivity contribution in [3.8, 4) is 0 Å². The maximum atomic E-state index is 10.8. The highest BCUT2D eigenvalue weighted by Gasteiger charge is 2.17. The van der Waals surface area contributed by atoms with Crippen molar-refractivity contribution in [2.75, 3.05) is 13.1 Å². The molecule has 6 heteroatoms. The fourth-order valence-electron chi connectivity index (χ4n) is 1.99. The van der Waals surface area contributed by atoms with E-state index in [1.54, 1.807) is 6.07 Å². The molecular formula is C12H15BrN2O3. The molecule has 1 atom stereocenters. The summed E-state index contributed by atoms with van der Waals surface area (Å²) >= 11 is 3.27. The van der Waals surface area contributed by atoms with Gasteiger partial charge in [0.15, 0.2) is 0 Å². The summed E-state index contributed by atoms with van der Waals surface area (Å²) in [6, 6.07) is 5.00. The highest BCUT2D eigenvalue weighted by atomic mass is 79.9. The van der Waals surface area contributed by atoms with E-state index in [0.29, 0.717) is 11.1 Å². The van der Waals surface area contributed by atoms with E-state index in [0.717, 1.165) is 31.5 Å². The maximum absolute atomic E-state index is 10.8. The topological polar surface area (TPSA) is 64.4 Å². The lowest BCUT2D eigenvalue weighted by atomic mass is 10.1. The molecule has 1 aromatic rings. The van der Waals surface area contributed by atoms with Crippen molar-refractivity contribution in [2.24, 2.45) is 0 Å². The van der Waals surface area contributed by atoms with Gasteiger partial charge in [0.2, 0.25) is 0 Å². The highest BCUT2D eigenvalue weighted by molar-refractivity contribution is 9.10. The molecule has 0 spiro atoms. The van der Waals surface area contributed by atoms with Crippen LogP contribution in [-0.2, 0) is 11.3 Å². The standard InChI is InChI=1S/C12H15BrN2O3/c13-12-9(3-1-5-11(12)15(16)17)8-18-10-4-2-6-14-7-10/h1,3,5,10,14H,2,4,6-8H2/t10-/m0/s1. The average Bonchev–Trinajstić information content (AvgIpc) is 2.38. The maximum Gasteiger partial charge on any atom is 0.283 e. The molecule has 5 nitrogen and oxygen atoms in total. The largest absolute Gasteiger partial charge is 0.372 e. The zero-order chi connectivity index (χ0) is 13.0. The van der Waals surface area contributed by atoms with Crippen molar-refractivity contribution < 1.29 is 9.66 Å². The first-order valence-corrected chi connectivity index (χ1v) is 6.72. The summed E-state index contributed by atoms with van der Waals surface area (Å²) in [7, 11) is 0. The predicted molar refractivity (Wildman–Crippen MR) is 71.5 cm³/mol. The summed E-state index contributed by atoms with van der Waals surface area (Å²) in [5.74, 6) is 0. The molecule has 0 bridgehead atoms. The lowest BCUT2D eigenvalue weighted by molar-refractivity contribution is -0.385. The van der Waals surface area contributed by atoms with Gasteiger partial charge in [-0.2, -0.15) is 0 Å². The fraction of sp³-hybridized carbons (Fsp3) is 0.500. The molecule has 1 N–H and O–H groups in total. The van der Waals surface area contributed by atoms with Crippen LogP contribution in [0.1, 0.15) is 18.4 Å². The highest BCUT2D eigenvalue weighted by Crippen LogP contribution is 2.29. The van der Waals surface area contributed by atoms with E-state index in [2.05, 4.69) is 21.2 Å². The molecule has 0 radical (unpaired) electrons. The molecule has 1 heterocycles. The van der Waals surface area contributed by atoms with Gasteiger partial charge in [-0.25, -0.2) is 0 Å².